The Hall–Kier alpha value is -2.10. The topological polar surface area (TPSA) is 46.9 Å². The van der Waals surface area contributed by atoms with Crippen LogP contribution in [-0.2, 0) is 5.54 Å². The lowest BCUT2D eigenvalue weighted by atomic mass is 10.0. The highest BCUT2D eigenvalue weighted by atomic mass is 16.1. The van der Waals surface area contributed by atoms with Gasteiger partial charge in [0.1, 0.15) is 0 Å². The molecule has 0 saturated heterocycles. The summed E-state index contributed by atoms with van der Waals surface area (Å²) in [6.45, 7) is 10.1. The van der Waals surface area contributed by atoms with Crippen LogP contribution < -0.4 is 5.32 Å². The Morgan fingerprint density at radius 1 is 1.19 bits per heavy atom. The highest BCUT2D eigenvalue weighted by Crippen LogP contribution is 2.28. The Kier molecular flexibility index (Phi) is 4.16. The zero-order chi connectivity index (χ0) is 15.6. The number of amides is 1. The molecule has 1 aromatic carbocycles. The zero-order valence-electron chi connectivity index (χ0n) is 13.3. The van der Waals surface area contributed by atoms with E-state index in [-0.39, 0.29) is 17.5 Å². The fourth-order valence-corrected chi connectivity index (χ4v) is 2.24. The van der Waals surface area contributed by atoms with E-state index in [1.807, 2.05) is 48.9 Å². The normalized spacial score (nSPS) is 11.7. The SMILES string of the molecule is CC(C)NC(=O)c1cnn(C(C)(C)C)c1-c1ccccc1. The highest BCUT2D eigenvalue weighted by molar-refractivity contribution is 6.00. The maximum absolute atomic E-state index is 12.4. The molecular weight excluding hydrogens is 262 g/mol. The predicted molar refractivity (Wildman–Crippen MR) is 85.3 cm³/mol. The van der Waals surface area contributed by atoms with Crippen molar-refractivity contribution in [1.82, 2.24) is 15.1 Å². The van der Waals surface area contributed by atoms with Crippen LogP contribution in [0.3, 0.4) is 0 Å². The van der Waals surface area contributed by atoms with Crippen molar-refractivity contribution in [2.75, 3.05) is 0 Å². The minimum atomic E-state index is -0.193. The van der Waals surface area contributed by atoms with Gasteiger partial charge in [-0.3, -0.25) is 9.48 Å². The van der Waals surface area contributed by atoms with Gasteiger partial charge in [-0.25, -0.2) is 0 Å². The van der Waals surface area contributed by atoms with Crippen LogP contribution in [0.25, 0.3) is 11.3 Å². The van der Waals surface area contributed by atoms with Crippen molar-refractivity contribution in [3.8, 4) is 11.3 Å². The molecule has 2 aromatic rings. The van der Waals surface area contributed by atoms with E-state index in [0.29, 0.717) is 5.56 Å². The van der Waals surface area contributed by atoms with Crippen LogP contribution in [0.15, 0.2) is 36.5 Å². The summed E-state index contributed by atoms with van der Waals surface area (Å²) in [5, 5.41) is 7.39. The first kappa shape index (κ1) is 15.3. The van der Waals surface area contributed by atoms with E-state index in [1.54, 1.807) is 6.20 Å². The quantitative estimate of drug-likeness (QED) is 0.939. The van der Waals surface area contributed by atoms with Gasteiger partial charge in [0.2, 0.25) is 0 Å². The summed E-state index contributed by atoms with van der Waals surface area (Å²) < 4.78 is 1.91. The molecule has 0 bridgehead atoms. The lowest BCUT2D eigenvalue weighted by Crippen LogP contribution is -2.31. The van der Waals surface area contributed by atoms with Gasteiger partial charge in [0.15, 0.2) is 0 Å². The molecule has 4 nitrogen and oxygen atoms in total. The molecule has 0 atom stereocenters. The van der Waals surface area contributed by atoms with Crippen LogP contribution in [0.2, 0.25) is 0 Å². The molecule has 0 aliphatic rings. The summed E-state index contributed by atoms with van der Waals surface area (Å²) in [5.74, 6) is -0.0839. The second-order valence-electron chi connectivity index (χ2n) is 6.48. The molecule has 0 saturated carbocycles. The summed E-state index contributed by atoms with van der Waals surface area (Å²) in [4.78, 5) is 12.4. The monoisotopic (exact) mass is 285 g/mol. The largest absolute Gasteiger partial charge is 0.350 e. The van der Waals surface area contributed by atoms with Gasteiger partial charge in [-0.05, 0) is 34.6 Å². The maximum atomic E-state index is 12.4. The molecule has 0 unspecified atom stereocenters. The van der Waals surface area contributed by atoms with Crippen molar-refractivity contribution < 1.29 is 4.79 Å². The summed E-state index contributed by atoms with van der Waals surface area (Å²) in [5.41, 5.74) is 2.28. The minimum absolute atomic E-state index is 0.0839. The number of hydrogen-bond donors (Lipinski definition) is 1. The Bertz CT molecular complexity index is 621. The van der Waals surface area contributed by atoms with E-state index in [2.05, 4.69) is 31.2 Å². The van der Waals surface area contributed by atoms with E-state index >= 15 is 0 Å². The molecule has 0 aliphatic carbocycles. The molecule has 1 amide bonds. The van der Waals surface area contributed by atoms with Crippen LogP contribution in [0.5, 0.6) is 0 Å². The molecular formula is C17H23N3O. The Morgan fingerprint density at radius 3 is 2.33 bits per heavy atom. The lowest BCUT2D eigenvalue weighted by molar-refractivity contribution is 0.0943. The second kappa shape index (κ2) is 5.72. The van der Waals surface area contributed by atoms with E-state index in [9.17, 15) is 4.79 Å². The average molecular weight is 285 g/mol. The maximum Gasteiger partial charge on any atom is 0.255 e. The molecule has 2 rings (SSSR count). The zero-order valence-corrected chi connectivity index (χ0v) is 13.3. The third-order valence-corrected chi connectivity index (χ3v) is 3.12. The van der Waals surface area contributed by atoms with Crippen molar-refractivity contribution in [3.63, 3.8) is 0 Å². The molecule has 0 aliphatic heterocycles. The minimum Gasteiger partial charge on any atom is -0.350 e. The number of hydrogen-bond acceptors (Lipinski definition) is 2. The van der Waals surface area contributed by atoms with Crippen LogP contribution in [0, 0.1) is 0 Å². The average Bonchev–Trinajstić information content (AvgIpc) is 2.83. The summed E-state index contributed by atoms with van der Waals surface area (Å²) in [6.07, 6.45) is 1.66. The molecule has 0 spiro atoms. The van der Waals surface area contributed by atoms with Crippen LogP contribution in [-0.4, -0.2) is 21.7 Å². The Balaban J connectivity index is 2.58. The molecule has 112 valence electrons. The number of carbonyl (C=O) groups excluding carboxylic acids is 1. The molecule has 0 radical (unpaired) electrons. The highest BCUT2D eigenvalue weighted by Gasteiger charge is 2.25. The van der Waals surface area contributed by atoms with Gasteiger partial charge in [-0.2, -0.15) is 5.10 Å². The fourth-order valence-electron chi connectivity index (χ4n) is 2.24. The second-order valence-corrected chi connectivity index (χ2v) is 6.48. The van der Waals surface area contributed by atoms with Gasteiger partial charge in [0.25, 0.3) is 5.91 Å². The van der Waals surface area contributed by atoms with Gasteiger partial charge >= 0.3 is 0 Å². The predicted octanol–water partition coefficient (Wildman–Crippen LogP) is 3.44. The van der Waals surface area contributed by atoms with Gasteiger partial charge in [-0.15, -0.1) is 0 Å². The summed E-state index contributed by atoms with van der Waals surface area (Å²) >= 11 is 0. The molecule has 0 fully saturated rings. The number of nitrogens with zero attached hydrogens (tertiary/aromatic N) is 2. The number of nitrogens with one attached hydrogen (secondary N) is 1. The third kappa shape index (κ3) is 3.32. The van der Waals surface area contributed by atoms with Gasteiger partial charge < -0.3 is 5.32 Å². The smallest absolute Gasteiger partial charge is 0.255 e. The van der Waals surface area contributed by atoms with E-state index in [0.717, 1.165) is 11.3 Å². The van der Waals surface area contributed by atoms with Crippen molar-refractivity contribution in [2.24, 2.45) is 0 Å². The first-order valence-corrected chi connectivity index (χ1v) is 7.25. The van der Waals surface area contributed by atoms with E-state index in [4.69, 9.17) is 0 Å². The number of aromatic nitrogens is 2. The van der Waals surface area contributed by atoms with Crippen molar-refractivity contribution >= 4 is 5.91 Å². The number of rotatable bonds is 3. The molecule has 1 aromatic heterocycles. The molecule has 1 N–H and O–H groups in total. The van der Waals surface area contributed by atoms with Gasteiger partial charge in [0.05, 0.1) is 23.0 Å². The first-order valence-electron chi connectivity index (χ1n) is 7.25. The number of carbonyl (C=O) groups is 1. The van der Waals surface area contributed by atoms with Crippen molar-refractivity contribution in [2.45, 2.75) is 46.2 Å². The Morgan fingerprint density at radius 2 is 1.81 bits per heavy atom. The Labute approximate surface area is 126 Å². The van der Waals surface area contributed by atoms with Gasteiger partial charge in [0, 0.05) is 11.6 Å². The molecule has 4 heteroatoms. The lowest BCUT2D eigenvalue weighted by Gasteiger charge is -2.23. The molecule has 1 heterocycles. The van der Waals surface area contributed by atoms with E-state index in [1.165, 1.54) is 0 Å². The first-order chi connectivity index (χ1) is 9.80. The number of benzene rings is 1. The van der Waals surface area contributed by atoms with Crippen LogP contribution >= 0.6 is 0 Å². The van der Waals surface area contributed by atoms with E-state index < -0.39 is 0 Å². The van der Waals surface area contributed by atoms with Crippen LogP contribution in [0.1, 0.15) is 45.0 Å². The third-order valence-electron chi connectivity index (χ3n) is 3.12. The summed E-state index contributed by atoms with van der Waals surface area (Å²) in [6, 6.07) is 10.0. The fraction of sp³-hybridized carbons (Fsp3) is 0.412. The van der Waals surface area contributed by atoms with Crippen molar-refractivity contribution in [3.05, 3.63) is 42.1 Å². The van der Waals surface area contributed by atoms with Crippen molar-refractivity contribution in [1.29, 1.82) is 0 Å². The van der Waals surface area contributed by atoms with Gasteiger partial charge in [-0.1, -0.05) is 30.3 Å². The standard InChI is InChI=1S/C17H23N3O/c1-12(2)19-16(21)14-11-18-20(17(3,4)5)15(14)13-9-7-6-8-10-13/h6-12H,1-5H3,(H,19,21). The van der Waals surface area contributed by atoms with Crippen LogP contribution in [0.4, 0.5) is 0 Å². The molecule has 21 heavy (non-hydrogen) atoms. The summed E-state index contributed by atoms with van der Waals surface area (Å²) in [7, 11) is 0.